The van der Waals surface area contributed by atoms with Crippen LogP contribution in [0.3, 0.4) is 0 Å². The third-order valence-corrected chi connectivity index (χ3v) is 6.26. The minimum absolute atomic E-state index is 0.0721. The average Bonchev–Trinajstić information content (AvgIpc) is 2.59. The van der Waals surface area contributed by atoms with Crippen molar-refractivity contribution in [1.29, 1.82) is 0 Å². The minimum Gasteiger partial charge on any atom is -0.369 e. The van der Waals surface area contributed by atoms with Gasteiger partial charge in [0.05, 0.1) is 10.8 Å². The van der Waals surface area contributed by atoms with Crippen LogP contribution < -0.4 is 11.1 Å². The Morgan fingerprint density at radius 2 is 1.96 bits per heavy atom. The number of hydrogen-bond acceptors (Lipinski definition) is 5. The number of amides is 2. The third-order valence-electron chi connectivity index (χ3n) is 4.38. The van der Waals surface area contributed by atoms with Crippen molar-refractivity contribution in [3.8, 4) is 0 Å². The Hall–Kier alpha value is -1.64. The van der Waals surface area contributed by atoms with Crippen LogP contribution >= 0.6 is 11.6 Å². The highest BCUT2D eigenvalue weighted by molar-refractivity contribution is 7.92. The van der Waals surface area contributed by atoms with Gasteiger partial charge in [0.15, 0.2) is 9.84 Å². The van der Waals surface area contributed by atoms with E-state index in [-0.39, 0.29) is 16.7 Å². The Bertz CT molecular complexity index is 737. The van der Waals surface area contributed by atoms with Crippen molar-refractivity contribution in [2.75, 3.05) is 31.9 Å². The number of carbonyl (C=O) groups excluding carboxylic acids is 2. The van der Waals surface area contributed by atoms with E-state index >= 15 is 0 Å². The summed E-state index contributed by atoms with van der Waals surface area (Å²) in [6, 6.07) is 5.72. The minimum atomic E-state index is -3.68. The number of rotatable bonds is 8. The molecule has 0 aromatic heterocycles. The van der Waals surface area contributed by atoms with Gasteiger partial charge in [0.1, 0.15) is 5.75 Å². The molecule has 0 saturated carbocycles. The van der Waals surface area contributed by atoms with Crippen LogP contribution in [-0.4, -0.2) is 57.1 Å². The molecule has 2 rings (SSSR count). The van der Waals surface area contributed by atoms with Gasteiger partial charge in [-0.25, -0.2) is 8.42 Å². The van der Waals surface area contributed by atoms with E-state index in [1.165, 1.54) is 24.3 Å². The monoisotopic (exact) mass is 401 g/mol. The fraction of sp³-hybridized carbons (Fsp3) is 0.529. The number of hydrogen-bond donors (Lipinski definition) is 2. The molecule has 1 aliphatic heterocycles. The molecule has 0 spiro atoms. The molecule has 1 aromatic rings. The maximum Gasteiger partial charge on any atom is 0.235 e. The molecule has 1 saturated heterocycles. The van der Waals surface area contributed by atoms with Gasteiger partial charge in [0.25, 0.3) is 0 Å². The molecule has 7 nitrogen and oxygen atoms in total. The fourth-order valence-electron chi connectivity index (χ4n) is 2.97. The fourth-order valence-corrected chi connectivity index (χ4v) is 4.26. The van der Waals surface area contributed by atoms with Gasteiger partial charge in [-0.1, -0.05) is 11.6 Å². The quantitative estimate of drug-likeness (QED) is 0.626. The van der Waals surface area contributed by atoms with Gasteiger partial charge >= 0.3 is 0 Å². The summed E-state index contributed by atoms with van der Waals surface area (Å²) in [4.78, 5) is 25.4. The lowest BCUT2D eigenvalue weighted by molar-refractivity contribution is -0.123. The molecule has 9 heteroatoms. The number of carbonyl (C=O) groups is 2. The summed E-state index contributed by atoms with van der Waals surface area (Å²) in [6.45, 7) is 2.66. The Morgan fingerprint density at radius 1 is 1.27 bits per heavy atom. The van der Waals surface area contributed by atoms with Gasteiger partial charge < -0.3 is 16.0 Å². The van der Waals surface area contributed by atoms with E-state index in [0.29, 0.717) is 24.5 Å². The maximum atomic E-state index is 12.2. The van der Waals surface area contributed by atoms with E-state index in [1.807, 2.05) is 0 Å². The number of nitrogens with two attached hydrogens (primary N) is 1. The van der Waals surface area contributed by atoms with E-state index in [9.17, 15) is 18.0 Å². The number of likely N-dealkylation sites (tertiary alicyclic amines) is 1. The molecule has 26 heavy (non-hydrogen) atoms. The number of primary amides is 1. The van der Waals surface area contributed by atoms with Crippen LogP contribution in [0.4, 0.5) is 0 Å². The molecule has 1 atom stereocenters. The van der Waals surface area contributed by atoms with Gasteiger partial charge in [-0.05, 0) is 56.6 Å². The molecule has 0 radical (unpaired) electrons. The molecule has 2 amide bonds. The Balaban J connectivity index is 1.72. The zero-order valence-corrected chi connectivity index (χ0v) is 16.1. The molecule has 1 aromatic carbocycles. The normalized spacial score (nSPS) is 18.4. The zero-order valence-electron chi connectivity index (χ0n) is 14.5. The van der Waals surface area contributed by atoms with Gasteiger partial charge in [-0.15, -0.1) is 0 Å². The first kappa shape index (κ1) is 20.7. The number of sulfone groups is 1. The first-order chi connectivity index (χ1) is 12.3. The number of piperidine rings is 1. The van der Waals surface area contributed by atoms with Crippen LogP contribution in [0.5, 0.6) is 0 Å². The van der Waals surface area contributed by atoms with Crippen LogP contribution in [0.25, 0.3) is 0 Å². The second-order valence-corrected chi connectivity index (χ2v) is 8.88. The molecule has 0 bridgehead atoms. The summed E-state index contributed by atoms with van der Waals surface area (Å²) in [5.74, 6) is -1.51. The van der Waals surface area contributed by atoms with E-state index in [1.54, 1.807) is 0 Å². The maximum absolute atomic E-state index is 12.2. The standard InChI is InChI=1S/C17H24ClN3O4S/c18-14-4-6-15(7-5-14)26(24,25)12-16(22)20-8-2-10-21-9-1-3-13(11-21)17(19)23/h4-7,13H,1-3,8-12H2,(H2,19,23)(H,20,22). The van der Waals surface area contributed by atoms with Crippen molar-refractivity contribution >= 4 is 33.3 Å². The summed E-state index contributed by atoms with van der Waals surface area (Å²) < 4.78 is 24.4. The van der Waals surface area contributed by atoms with Gasteiger partial charge in [0, 0.05) is 18.1 Å². The molecule has 144 valence electrons. The highest BCUT2D eigenvalue weighted by Gasteiger charge is 2.23. The number of nitrogens with zero attached hydrogens (tertiary/aromatic N) is 1. The van der Waals surface area contributed by atoms with Crippen LogP contribution in [0.1, 0.15) is 19.3 Å². The molecule has 1 fully saturated rings. The first-order valence-corrected chi connectivity index (χ1v) is 10.6. The second-order valence-electron chi connectivity index (χ2n) is 6.46. The average molecular weight is 402 g/mol. The lowest BCUT2D eigenvalue weighted by atomic mass is 9.97. The van der Waals surface area contributed by atoms with Crippen LogP contribution in [0, 0.1) is 5.92 Å². The van der Waals surface area contributed by atoms with Crippen molar-refractivity contribution in [1.82, 2.24) is 10.2 Å². The predicted octanol–water partition coefficient (Wildman–Crippen LogP) is 0.817. The van der Waals surface area contributed by atoms with Gasteiger partial charge in [-0.3, -0.25) is 9.59 Å². The Labute approximate surface area is 158 Å². The largest absolute Gasteiger partial charge is 0.369 e. The number of benzene rings is 1. The zero-order chi connectivity index (χ0) is 19.2. The number of halogens is 1. The first-order valence-electron chi connectivity index (χ1n) is 8.54. The molecular formula is C17H24ClN3O4S. The van der Waals surface area contributed by atoms with E-state index in [0.717, 1.165) is 25.9 Å². The lowest BCUT2D eigenvalue weighted by Crippen LogP contribution is -2.42. The van der Waals surface area contributed by atoms with E-state index in [2.05, 4.69) is 10.2 Å². The predicted molar refractivity (Wildman–Crippen MR) is 99.5 cm³/mol. The summed E-state index contributed by atoms with van der Waals surface area (Å²) in [5, 5.41) is 3.07. The molecule has 1 heterocycles. The molecule has 0 aliphatic carbocycles. The summed E-state index contributed by atoms with van der Waals surface area (Å²) >= 11 is 5.74. The highest BCUT2D eigenvalue weighted by Crippen LogP contribution is 2.16. The van der Waals surface area contributed by atoms with E-state index in [4.69, 9.17) is 17.3 Å². The second kappa shape index (κ2) is 9.34. The summed E-state index contributed by atoms with van der Waals surface area (Å²) in [6.07, 6.45) is 2.43. The van der Waals surface area contributed by atoms with Gasteiger partial charge in [-0.2, -0.15) is 0 Å². The van der Waals surface area contributed by atoms with E-state index < -0.39 is 21.5 Å². The van der Waals surface area contributed by atoms with Crippen molar-refractivity contribution in [2.24, 2.45) is 11.7 Å². The number of nitrogens with one attached hydrogen (secondary N) is 1. The highest BCUT2D eigenvalue weighted by atomic mass is 35.5. The topological polar surface area (TPSA) is 110 Å². The van der Waals surface area contributed by atoms with Crippen LogP contribution in [-0.2, 0) is 19.4 Å². The molecule has 3 N–H and O–H groups in total. The van der Waals surface area contributed by atoms with Crippen molar-refractivity contribution in [3.63, 3.8) is 0 Å². The van der Waals surface area contributed by atoms with Crippen molar-refractivity contribution in [3.05, 3.63) is 29.3 Å². The van der Waals surface area contributed by atoms with Crippen molar-refractivity contribution < 1.29 is 18.0 Å². The third kappa shape index (κ3) is 6.26. The Morgan fingerprint density at radius 3 is 2.62 bits per heavy atom. The van der Waals surface area contributed by atoms with Crippen molar-refractivity contribution in [2.45, 2.75) is 24.2 Å². The summed E-state index contributed by atoms with van der Waals surface area (Å²) in [5.41, 5.74) is 5.35. The van der Waals surface area contributed by atoms with Crippen LogP contribution in [0.15, 0.2) is 29.2 Å². The summed E-state index contributed by atoms with van der Waals surface area (Å²) in [7, 11) is -3.68. The molecule has 1 unspecified atom stereocenters. The molecular weight excluding hydrogens is 378 g/mol. The van der Waals surface area contributed by atoms with Gasteiger partial charge in [0.2, 0.25) is 11.8 Å². The molecule has 1 aliphatic rings. The Kier molecular flexibility index (Phi) is 7.43. The SMILES string of the molecule is NC(=O)C1CCCN(CCCNC(=O)CS(=O)(=O)c2ccc(Cl)cc2)C1. The van der Waals surface area contributed by atoms with Crippen LogP contribution in [0.2, 0.25) is 5.02 Å². The smallest absolute Gasteiger partial charge is 0.235 e. The lowest BCUT2D eigenvalue weighted by Gasteiger charge is -2.31.